The standard InChI is InChI=1S/C26H28F3N5O7S/c1-5-30-25(37)34-20-19(24(36)40-7-3)18(22-33-17(13-42-22)26(27,28)29)16(12-31-20)14-10-15(23(35)39-6-2)21(32-11-14)41-9-8-38-4/h10-13H,5-9H2,1-4H3,(H2,30,31,34,37). The Morgan fingerprint density at radius 1 is 1.00 bits per heavy atom. The van der Waals surface area contributed by atoms with Crippen molar-refractivity contribution >= 4 is 35.1 Å². The number of amides is 2. The second-order valence-corrected chi connectivity index (χ2v) is 9.01. The summed E-state index contributed by atoms with van der Waals surface area (Å²) in [6.45, 7) is 5.27. The van der Waals surface area contributed by atoms with E-state index in [2.05, 4.69) is 25.6 Å². The highest BCUT2D eigenvalue weighted by Gasteiger charge is 2.35. The number of hydrogen-bond donors (Lipinski definition) is 2. The van der Waals surface area contributed by atoms with Crippen LogP contribution in [0.15, 0.2) is 23.8 Å². The average Bonchev–Trinajstić information content (AvgIpc) is 3.44. The quantitative estimate of drug-likeness (QED) is 0.216. The van der Waals surface area contributed by atoms with Gasteiger partial charge in [0.25, 0.3) is 0 Å². The number of rotatable bonds is 12. The smallest absolute Gasteiger partial charge is 0.434 e. The van der Waals surface area contributed by atoms with E-state index in [1.165, 1.54) is 32.5 Å². The Hall–Kier alpha value is -4.31. The van der Waals surface area contributed by atoms with Crippen molar-refractivity contribution in [2.24, 2.45) is 0 Å². The number of halogens is 3. The van der Waals surface area contributed by atoms with Crippen molar-refractivity contribution in [2.75, 3.05) is 45.4 Å². The number of ether oxygens (including phenoxy) is 4. The highest BCUT2D eigenvalue weighted by atomic mass is 32.1. The highest BCUT2D eigenvalue weighted by Crippen LogP contribution is 2.42. The van der Waals surface area contributed by atoms with Gasteiger partial charge in [-0.3, -0.25) is 5.32 Å². The largest absolute Gasteiger partial charge is 0.475 e. The minimum Gasteiger partial charge on any atom is -0.475 e. The molecule has 0 spiro atoms. The Morgan fingerprint density at radius 3 is 2.33 bits per heavy atom. The van der Waals surface area contributed by atoms with E-state index >= 15 is 0 Å². The third kappa shape index (κ3) is 7.70. The van der Waals surface area contributed by atoms with Gasteiger partial charge in [-0.1, -0.05) is 0 Å². The lowest BCUT2D eigenvalue weighted by molar-refractivity contribution is -0.140. The van der Waals surface area contributed by atoms with Gasteiger partial charge in [-0.2, -0.15) is 13.2 Å². The molecule has 3 aromatic heterocycles. The molecule has 226 valence electrons. The first-order valence-corrected chi connectivity index (χ1v) is 13.5. The molecule has 0 aromatic carbocycles. The third-order valence-corrected chi connectivity index (χ3v) is 6.18. The topological polar surface area (TPSA) is 151 Å². The number of thiazole rings is 1. The molecule has 12 nitrogen and oxygen atoms in total. The van der Waals surface area contributed by atoms with Crippen LogP contribution in [0.2, 0.25) is 0 Å². The molecule has 0 radical (unpaired) electrons. The lowest BCUT2D eigenvalue weighted by Gasteiger charge is -2.17. The average molecular weight is 612 g/mol. The SMILES string of the molecule is CCNC(=O)Nc1ncc(-c2cnc(OCCOC)c(C(=O)OCC)c2)c(-c2nc(C(F)(F)F)cs2)c1C(=O)OCC. The van der Waals surface area contributed by atoms with Gasteiger partial charge in [-0.05, 0) is 26.8 Å². The van der Waals surface area contributed by atoms with Crippen LogP contribution in [0.5, 0.6) is 5.88 Å². The number of carbonyl (C=O) groups excluding carboxylic acids is 3. The van der Waals surface area contributed by atoms with E-state index in [0.717, 1.165) is 5.38 Å². The van der Waals surface area contributed by atoms with Crippen molar-refractivity contribution in [2.45, 2.75) is 26.9 Å². The summed E-state index contributed by atoms with van der Waals surface area (Å²) < 4.78 is 61.4. The predicted molar refractivity (Wildman–Crippen MR) is 146 cm³/mol. The number of aromatic nitrogens is 3. The van der Waals surface area contributed by atoms with Gasteiger partial charge in [-0.15, -0.1) is 11.3 Å². The van der Waals surface area contributed by atoms with Crippen LogP contribution in [-0.2, 0) is 20.4 Å². The van der Waals surface area contributed by atoms with E-state index in [4.69, 9.17) is 18.9 Å². The first kappa shape index (κ1) is 32.2. The lowest BCUT2D eigenvalue weighted by Crippen LogP contribution is -2.29. The van der Waals surface area contributed by atoms with E-state index < -0.39 is 29.8 Å². The summed E-state index contributed by atoms with van der Waals surface area (Å²) >= 11 is 0.616. The fraction of sp³-hybridized carbons (Fsp3) is 0.385. The summed E-state index contributed by atoms with van der Waals surface area (Å²) in [7, 11) is 1.47. The first-order valence-electron chi connectivity index (χ1n) is 12.6. The maximum Gasteiger partial charge on any atom is 0.434 e. The summed E-state index contributed by atoms with van der Waals surface area (Å²) in [5, 5.41) is 5.49. The van der Waals surface area contributed by atoms with E-state index in [1.807, 2.05) is 0 Å². The summed E-state index contributed by atoms with van der Waals surface area (Å²) in [5.74, 6) is -2.10. The van der Waals surface area contributed by atoms with E-state index in [1.54, 1.807) is 13.8 Å². The van der Waals surface area contributed by atoms with Crippen molar-refractivity contribution in [1.82, 2.24) is 20.3 Å². The fourth-order valence-corrected chi connectivity index (χ4v) is 4.46. The number of esters is 2. The van der Waals surface area contributed by atoms with Gasteiger partial charge in [0.15, 0.2) is 5.69 Å². The van der Waals surface area contributed by atoms with Crippen molar-refractivity contribution in [3.63, 3.8) is 0 Å². The maximum absolute atomic E-state index is 13.5. The summed E-state index contributed by atoms with van der Waals surface area (Å²) in [5.41, 5.74) is -1.51. The van der Waals surface area contributed by atoms with Gasteiger partial charge < -0.3 is 24.3 Å². The Kier molecular flexibility index (Phi) is 11.2. The zero-order valence-corrected chi connectivity index (χ0v) is 23.9. The Morgan fingerprint density at radius 2 is 1.71 bits per heavy atom. The van der Waals surface area contributed by atoms with Gasteiger partial charge in [-0.25, -0.2) is 29.3 Å². The number of nitrogens with one attached hydrogen (secondary N) is 2. The molecule has 3 rings (SSSR count). The Labute approximate surface area is 242 Å². The molecular weight excluding hydrogens is 583 g/mol. The van der Waals surface area contributed by atoms with Crippen LogP contribution in [0.25, 0.3) is 21.7 Å². The fourth-order valence-electron chi connectivity index (χ4n) is 3.57. The summed E-state index contributed by atoms with van der Waals surface area (Å²) in [6, 6.07) is 0.630. The molecule has 16 heteroatoms. The second-order valence-electron chi connectivity index (χ2n) is 8.15. The number of anilines is 1. The zero-order valence-electron chi connectivity index (χ0n) is 23.1. The lowest BCUT2D eigenvalue weighted by atomic mass is 9.97. The monoisotopic (exact) mass is 611 g/mol. The van der Waals surface area contributed by atoms with Gasteiger partial charge >= 0.3 is 24.1 Å². The van der Waals surface area contributed by atoms with Crippen LogP contribution in [0.4, 0.5) is 23.8 Å². The number of carbonyl (C=O) groups is 3. The molecule has 42 heavy (non-hydrogen) atoms. The molecule has 0 saturated carbocycles. The van der Waals surface area contributed by atoms with Crippen LogP contribution < -0.4 is 15.4 Å². The van der Waals surface area contributed by atoms with Crippen LogP contribution in [0, 0.1) is 0 Å². The van der Waals surface area contributed by atoms with Gasteiger partial charge in [0, 0.05) is 48.1 Å². The summed E-state index contributed by atoms with van der Waals surface area (Å²) in [4.78, 5) is 50.5. The van der Waals surface area contributed by atoms with Crippen LogP contribution in [0.3, 0.4) is 0 Å². The molecule has 0 atom stereocenters. The molecule has 0 saturated heterocycles. The Bertz CT molecular complexity index is 1430. The number of nitrogens with zero attached hydrogens (tertiary/aromatic N) is 3. The normalized spacial score (nSPS) is 11.1. The molecule has 0 bridgehead atoms. The van der Waals surface area contributed by atoms with Crippen molar-refractivity contribution < 1.29 is 46.5 Å². The molecule has 3 heterocycles. The number of urea groups is 1. The highest BCUT2D eigenvalue weighted by molar-refractivity contribution is 7.13. The van der Waals surface area contributed by atoms with Crippen molar-refractivity contribution in [3.05, 3.63) is 40.7 Å². The molecule has 0 aliphatic carbocycles. The molecule has 0 aliphatic heterocycles. The molecule has 3 aromatic rings. The molecule has 0 aliphatic rings. The van der Waals surface area contributed by atoms with Gasteiger partial charge in [0.2, 0.25) is 5.88 Å². The van der Waals surface area contributed by atoms with Crippen molar-refractivity contribution in [1.29, 1.82) is 0 Å². The summed E-state index contributed by atoms with van der Waals surface area (Å²) in [6.07, 6.45) is -2.27. The van der Waals surface area contributed by atoms with E-state index in [-0.39, 0.29) is 77.5 Å². The molecule has 0 fully saturated rings. The van der Waals surface area contributed by atoms with E-state index in [0.29, 0.717) is 11.3 Å². The number of pyridine rings is 2. The maximum atomic E-state index is 13.5. The minimum absolute atomic E-state index is 0.0416. The van der Waals surface area contributed by atoms with Crippen LogP contribution >= 0.6 is 11.3 Å². The predicted octanol–water partition coefficient (Wildman–Crippen LogP) is 4.81. The molecule has 2 amide bonds. The number of methoxy groups -OCH3 is 1. The Balaban J connectivity index is 2.33. The molecule has 0 unspecified atom stereocenters. The zero-order chi connectivity index (χ0) is 30.9. The minimum atomic E-state index is -4.77. The van der Waals surface area contributed by atoms with Crippen LogP contribution in [-0.4, -0.2) is 73.0 Å². The second kappa shape index (κ2) is 14.5. The number of alkyl halides is 3. The van der Waals surface area contributed by atoms with Crippen LogP contribution in [0.1, 0.15) is 47.2 Å². The van der Waals surface area contributed by atoms with Gasteiger partial charge in [0.1, 0.15) is 28.6 Å². The van der Waals surface area contributed by atoms with Gasteiger partial charge in [0.05, 0.1) is 19.8 Å². The number of hydrogen-bond acceptors (Lipinski definition) is 11. The molecule has 2 N–H and O–H groups in total. The van der Waals surface area contributed by atoms with E-state index in [9.17, 15) is 27.6 Å². The first-order chi connectivity index (χ1) is 20.0. The molecular formula is C26H28F3N5O7S. The third-order valence-electron chi connectivity index (χ3n) is 5.32. The van der Waals surface area contributed by atoms with Crippen molar-refractivity contribution in [3.8, 4) is 27.6 Å².